The third kappa shape index (κ3) is 3.37. The summed E-state index contributed by atoms with van der Waals surface area (Å²) in [7, 11) is 0. The van der Waals surface area contributed by atoms with Gasteiger partial charge in [-0.2, -0.15) is 0 Å². The largest absolute Gasteiger partial charge is 0.462 e. The van der Waals surface area contributed by atoms with Gasteiger partial charge in [0, 0.05) is 11.1 Å². The Bertz CT molecular complexity index is 1290. The van der Waals surface area contributed by atoms with E-state index in [4.69, 9.17) is 4.74 Å². The van der Waals surface area contributed by atoms with E-state index in [1.165, 1.54) is 11.8 Å². The van der Waals surface area contributed by atoms with Gasteiger partial charge >= 0.3 is 5.97 Å². The minimum atomic E-state index is -0.416. The normalized spacial score (nSPS) is 11.3. The van der Waals surface area contributed by atoms with Crippen LogP contribution in [0.5, 0.6) is 0 Å². The van der Waals surface area contributed by atoms with Crippen molar-refractivity contribution in [1.82, 2.24) is 19.6 Å². The number of nitrogens with zero attached hydrogens (tertiary/aromatic N) is 3. The van der Waals surface area contributed by atoms with Crippen LogP contribution in [0.3, 0.4) is 0 Å². The molecule has 0 aliphatic rings. The first-order chi connectivity index (χ1) is 14.4. The van der Waals surface area contributed by atoms with E-state index in [1.54, 1.807) is 20.8 Å². The van der Waals surface area contributed by atoms with Crippen molar-refractivity contribution in [2.75, 3.05) is 12.4 Å². The van der Waals surface area contributed by atoms with Crippen LogP contribution < -0.4 is 0 Å². The number of hydrogen-bond donors (Lipinski definition) is 1. The van der Waals surface area contributed by atoms with Gasteiger partial charge in [0.15, 0.2) is 16.6 Å². The molecule has 0 atom stereocenters. The van der Waals surface area contributed by atoms with Gasteiger partial charge in [-0.15, -0.1) is 10.2 Å². The second-order valence-corrected chi connectivity index (χ2v) is 8.02. The third-order valence-electron chi connectivity index (χ3n) is 5.10. The smallest absolute Gasteiger partial charge is 0.340 e. The summed E-state index contributed by atoms with van der Waals surface area (Å²) in [6, 6.07) is 10.0. The number of ether oxygens (including phenoxy) is 1. The molecule has 0 bridgehead atoms. The van der Waals surface area contributed by atoms with Crippen LogP contribution in [0.4, 0.5) is 0 Å². The van der Waals surface area contributed by atoms with Crippen LogP contribution in [0.1, 0.15) is 44.6 Å². The van der Waals surface area contributed by atoms with Crippen molar-refractivity contribution >= 4 is 40.1 Å². The average Bonchev–Trinajstić information content (AvgIpc) is 3.26. The standard InChI is InChI=1S/C22H22N4O3S/c1-5-29-21(28)19-13(3)20(23-14(19)4)17(27)11-30-22-25-24-18-10-12(2)15-8-6-7-9-16(15)26(18)22/h6-10,23H,5,11H2,1-4H3. The van der Waals surface area contributed by atoms with E-state index in [0.29, 0.717) is 27.7 Å². The maximum absolute atomic E-state index is 12.9. The van der Waals surface area contributed by atoms with Gasteiger partial charge in [0.25, 0.3) is 0 Å². The third-order valence-corrected chi connectivity index (χ3v) is 6.03. The Balaban J connectivity index is 1.63. The van der Waals surface area contributed by atoms with Crippen LogP contribution in [0.2, 0.25) is 0 Å². The van der Waals surface area contributed by atoms with E-state index in [0.717, 1.165) is 22.1 Å². The molecule has 0 unspecified atom stereocenters. The first-order valence-electron chi connectivity index (χ1n) is 9.68. The summed E-state index contributed by atoms with van der Waals surface area (Å²) >= 11 is 1.33. The summed E-state index contributed by atoms with van der Waals surface area (Å²) in [6.45, 7) is 7.62. The highest BCUT2D eigenvalue weighted by atomic mass is 32.2. The zero-order valence-corrected chi connectivity index (χ0v) is 18.1. The van der Waals surface area contributed by atoms with E-state index in [9.17, 15) is 9.59 Å². The molecule has 0 saturated heterocycles. The lowest BCUT2D eigenvalue weighted by atomic mass is 10.1. The number of Topliss-reactive ketones (excluding diaryl/α,β-unsaturated/α-hetero) is 1. The number of fused-ring (bicyclic) bond motifs is 3. The van der Waals surface area contributed by atoms with Gasteiger partial charge in [-0.25, -0.2) is 4.79 Å². The Kier molecular flexibility index (Phi) is 5.34. The Morgan fingerprint density at radius 3 is 2.70 bits per heavy atom. The highest BCUT2D eigenvalue weighted by Gasteiger charge is 2.23. The number of thioether (sulfide) groups is 1. The molecule has 0 fully saturated rings. The van der Waals surface area contributed by atoms with Gasteiger partial charge in [0.2, 0.25) is 0 Å². The molecule has 0 amide bonds. The molecule has 0 aliphatic heterocycles. The van der Waals surface area contributed by atoms with E-state index in [1.807, 2.05) is 35.6 Å². The molecule has 3 aromatic heterocycles. The number of rotatable bonds is 6. The minimum absolute atomic E-state index is 0.107. The van der Waals surface area contributed by atoms with E-state index in [2.05, 4.69) is 21.2 Å². The number of para-hydroxylation sites is 1. The van der Waals surface area contributed by atoms with Crippen molar-refractivity contribution < 1.29 is 14.3 Å². The van der Waals surface area contributed by atoms with Crippen molar-refractivity contribution in [2.24, 2.45) is 0 Å². The number of aromatic nitrogens is 4. The fraction of sp³-hybridized carbons (Fsp3) is 0.273. The van der Waals surface area contributed by atoms with Crippen LogP contribution in [0, 0.1) is 20.8 Å². The number of carbonyl (C=O) groups is 2. The molecular formula is C22H22N4O3S. The Hall–Kier alpha value is -3.13. The molecule has 0 spiro atoms. The molecule has 1 aromatic carbocycles. The fourth-order valence-corrected chi connectivity index (χ4v) is 4.53. The number of benzene rings is 1. The molecule has 154 valence electrons. The summed E-state index contributed by atoms with van der Waals surface area (Å²) in [4.78, 5) is 28.1. The number of pyridine rings is 1. The predicted molar refractivity (Wildman–Crippen MR) is 117 cm³/mol. The number of aryl methyl sites for hydroxylation is 2. The monoisotopic (exact) mass is 422 g/mol. The van der Waals surface area contributed by atoms with Crippen LogP contribution in [0.15, 0.2) is 35.5 Å². The SMILES string of the molecule is CCOC(=O)c1c(C)[nH]c(C(=O)CSc2nnc3cc(C)c4ccccc4n23)c1C. The maximum atomic E-state index is 12.9. The first kappa shape index (κ1) is 20.2. The molecule has 1 N–H and O–H groups in total. The van der Waals surface area contributed by atoms with Gasteiger partial charge in [-0.1, -0.05) is 30.0 Å². The molecule has 0 saturated carbocycles. The van der Waals surface area contributed by atoms with Gasteiger partial charge < -0.3 is 9.72 Å². The second-order valence-electron chi connectivity index (χ2n) is 7.08. The maximum Gasteiger partial charge on any atom is 0.340 e. The lowest BCUT2D eigenvalue weighted by Crippen LogP contribution is -2.08. The van der Waals surface area contributed by atoms with Crippen LogP contribution in [-0.4, -0.2) is 43.7 Å². The van der Waals surface area contributed by atoms with Gasteiger partial charge in [-0.05, 0) is 51.0 Å². The van der Waals surface area contributed by atoms with Crippen molar-refractivity contribution in [3.8, 4) is 0 Å². The Labute approximate surface area is 177 Å². The van der Waals surface area contributed by atoms with Gasteiger partial charge in [0.05, 0.1) is 29.1 Å². The predicted octanol–water partition coefficient (Wildman–Crippen LogP) is 4.29. The first-order valence-corrected chi connectivity index (χ1v) is 10.7. The molecule has 0 aliphatic carbocycles. The molecular weight excluding hydrogens is 400 g/mol. The van der Waals surface area contributed by atoms with Crippen LogP contribution in [-0.2, 0) is 4.74 Å². The molecule has 4 aromatic rings. The molecule has 7 nitrogen and oxygen atoms in total. The zero-order valence-electron chi connectivity index (χ0n) is 17.3. The lowest BCUT2D eigenvalue weighted by molar-refractivity contribution is 0.0525. The van der Waals surface area contributed by atoms with Crippen molar-refractivity contribution in [3.63, 3.8) is 0 Å². The molecule has 4 rings (SSSR count). The zero-order chi connectivity index (χ0) is 21.4. The average molecular weight is 423 g/mol. The summed E-state index contributed by atoms with van der Waals surface area (Å²) in [6.07, 6.45) is 0. The van der Waals surface area contributed by atoms with Crippen molar-refractivity contribution in [2.45, 2.75) is 32.9 Å². The quantitative estimate of drug-likeness (QED) is 0.283. The molecule has 0 radical (unpaired) electrons. The minimum Gasteiger partial charge on any atom is -0.462 e. The van der Waals surface area contributed by atoms with Gasteiger partial charge in [-0.3, -0.25) is 9.20 Å². The van der Waals surface area contributed by atoms with Crippen LogP contribution in [0.25, 0.3) is 16.6 Å². The lowest BCUT2D eigenvalue weighted by Gasteiger charge is -2.07. The summed E-state index contributed by atoms with van der Waals surface area (Å²) in [5, 5.41) is 10.3. The number of nitrogens with one attached hydrogen (secondary N) is 1. The number of ketones is 1. The van der Waals surface area contributed by atoms with E-state index >= 15 is 0 Å². The van der Waals surface area contributed by atoms with Gasteiger partial charge in [0.1, 0.15) is 0 Å². The Morgan fingerprint density at radius 2 is 1.93 bits per heavy atom. The van der Waals surface area contributed by atoms with E-state index < -0.39 is 5.97 Å². The van der Waals surface area contributed by atoms with E-state index in [-0.39, 0.29) is 18.1 Å². The Morgan fingerprint density at radius 1 is 1.17 bits per heavy atom. The summed E-state index contributed by atoms with van der Waals surface area (Å²) in [5.41, 5.74) is 4.98. The highest BCUT2D eigenvalue weighted by Crippen LogP contribution is 2.27. The second kappa shape index (κ2) is 7.95. The molecule has 30 heavy (non-hydrogen) atoms. The molecule has 8 heteroatoms. The highest BCUT2D eigenvalue weighted by molar-refractivity contribution is 7.99. The number of esters is 1. The summed E-state index contributed by atoms with van der Waals surface area (Å²) in [5.74, 6) is -0.350. The number of H-pyrrole nitrogens is 1. The summed E-state index contributed by atoms with van der Waals surface area (Å²) < 4.78 is 7.07. The van der Waals surface area contributed by atoms with Crippen molar-refractivity contribution in [1.29, 1.82) is 0 Å². The number of aromatic amines is 1. The van der Waals surface area contributed by atoms with Crippen molar-refractivity contribution in [3.05, 3.63) is 58.4 Å². The number of hydrogen-bond acceptors (Lipinski definition) is 6. The van der Waals surface area contributed by atoms with Crippen LogP contribution >= 0.6 is 11.8 Å². The fourth-order valence-electron chi connectivity index (χ4n) is 3.71. The topological polar surface area (TPSA) is 89.4 Å². The molecule has 3 heterocycles. The number of carbonyl (C=O) groups excluding carboxylic acids is 2.